The predicted molar refractivity (Wildman–Crippen MR) is 81.6 cm³/mol. The molecule has 1 aromatic rings. The molecule has 116 valence electrons. The van der Waals surface area contributed by atoms with Crippen molar-refractivity contribution in [2.45, 2.75) is 39.5 Å². The molecule has 0 saturated carbocycles. The Hall–Kier alpha value is -1.91. The molecule has 0 fully saturated rings. The molecule has 0 saturated heterocycles. The third-order valence-corrected chi connectivity index (χ3v) is 3.20. The smallest absolute Gasteiger partial charge is 0.226 e. The van der Waals surface area contributed by atoms with E-state index in [4.69, 9.17) is 0 Å². The minimum atomic E-state index is -0.305. The monoisotopic (exact) mass is 294 g/mol. The number of nitrogens with one attached hydrogen (secondary N) is 1. The van der Waals surface area contributed by atoms with Crippen molar-refractivity contribution in [3.8, 4) is 0 Å². The van der Waals surface area contributed by atoms with E-state index in [1.165, 1.54) is 19.1 Å². The van der Waals surface area contributed by atoms with Crippen LogP contribution in [-0.2, 0) is 9.59 Å². The zero-order valence-corrected chi connectivity index (χ0v) is 12.7. The number of hydrogen-bond donors (Lipinski definition) is 1. The van der Waals surface area contributed by atoms with E-state index in [0.29, 0.717) is 19.5 Å². The summed E-state index contributed by atoms with van der Waals surface area (Å²) >= 11 is 0. The molecule has 0 aliphatic heterocycles. The molecule has 0 bridgehead atoms. The van der Waals surface area contributed by atoms with Crippen molar-refractivity contribution >= 4 is 17.5 Å². The number of hydrogen-bond acceptors (Lipinski definition) is 2. The van der Waals surface area contributed by atoms with Gasteiger partial charge in [0.15, 0.2) is 0 Å². The molecule has 0 radical (unpaired) electrons. The summed E-state index contributed by atoms with van der Waals surface area (Å²) in [5.74, 6) is -0.289. The number of nitrogens with zero attached hydrogens (tertiary/aromatic N) is 1. The first kappa shape index (κ1) is 17.1. The zero-order chi connectivity index (χ0) is 15.7. The molecule has 0 spiro atoms. The zero-order valence-electron chi connectivity index (χ0n) is 12.7. The van der Waals surface area contributed by atoms with Gasteiger partial charge in [0, 0.05) is 32.1 Å². The highest BCUT2D eigenvalue weighted by atomic mass is 19.1. The lowest BCUT2D eigenvalue weighted by atomic mass is 10.1. The van der Waals surface area contributed by atoms with Crippen molar-refractivity contribution in [2.24, 2.45) is 0 Å². The fourth-order valence-electron chi connectivity index (χ4n) is 2.10. The Balaban J connectivity index is 2.35. The molecular formula is C16H23FN2O2. The minimum Gasteiger partial charge on any atom is -0.356 e. The molecule has 0 aromatic heterocycles. The first-order valence-electron chi connectivity index (χ1n) is 7.35. The van der Waals surface area contributed by atoms with Gasteiger partial charge < -0.3 is 10.2 Å². The third kappa shape index (κ3) is 6.38. The summed E-state index contributed by atoms with van der Waals surface area (Å²) in [6, 6.07) is 5.96. The van der Waals surface area contributed by atoms with Gasteiger partial charge in [0.25, 0.3) is 0 Å². The van der Waals surface area contributed by atoms with Crippen LogP contribution in [-0.4, -0.2) is 24.9 Å². The SMILES string of the molecule is CCN(C(=O)CCCCCNC(C)=O)c1ccc(F)cc1. The van der Waals surface area contributed by atoms with E-state index < -0.39 is 0 Å². The third-order valence-electron chi connectivity index (χ3n) is 3.20. The van der Waals surface area contributed by atoms with E-state index >= 15 is 0 Å². The summed E-state index contributed by atoms with van der Waals surface area (Å²) < 4.78 is 12.9. The van der Waals surface area contributed by atoms with Crippen molar-refractivity contribution in [3.05, 3.63) is 30.1 Å². The number of anilines is 1. The van der Waals surface area contributed by atoms with Gasteiger partial charge in [-0.1, -0.05) is 6.42 Å². The van der Waals surface area contributed by atoms with Gasteiger partial charge in [0.2, 0.25) is 11.8 Å². The van der Waals surface area contributed by atoms with Crippen LogP contribution in [0, 0.1) is 5.82 Å². The molecule has 0 unspecified atom stereocenters. The topological polar surface area (TPSA) is 49.4 Å². The minimum absolute atomic E-state index is 0.0282. The molecule has 5 heteroatoms. The standard InChI is InChI=1S/C16H23FN2O2/c1-3-19(15-10-8-14(17)9-11-15)16(21)7-5-4-6-12-18-13(2)20/h8-11H,3-7,12H2,1-2H3,(H,18,20). The second kappa shape index (κ2) is 9.10. The number of unbranched alkanes of at least 4 members (excludes halogenated alkanes) is 2. The van der Waals surface area contributed by atoms with Crippen molar-refractivity contribution in [2.75, 3.05) is 18.0 Å². The van der Waals surface area contributed by atoms with Gasteiger partial charge in [-0.25, -0.2) is 4.39 Å². The Morgan fingerprint density at radius 1 is 1.14 bits per heavy atom. The van der Waals surface area contributed by atoms with Crippen LogP contribution in [0.15, 0.2) is 24.3 Å². The van der Waals surface area contributed by atoms with Gasteiger partial charge in [0.1, 0.15) is 5.82 Å². The van der Waals surface area contributed by atoms with Crippen LogP contribution in [0.2, 0.25) is 0 Å². The summed E-state index contributed by atoms with van der Waals surface area (Å²) in [6.07, 6.45) is 3.02. The summed E-state index contributed by atoms with van der Waals surface area (Å²) in [4.78, 5) is 24.5. The fourth-order valence-corrected chi connectivity index (χ4v) is 2.10. The molecule has 1 rings (SSSR count). The lowest BCUT2D eigenvalue weighted by molar-refractivity contribution is -0.119. The maximum atomic E-state index is 12.9. The van der Waals surface area contributed by atoms with Crippen molar-refractivity contribution in [1.29, 1.82) is 0 Å². The van der Waals surface area contributed by atoms with Gasteiger partial charge in [-0.05, 0) is 44.0 Å². The van der Waals surface area contributed by atoms with E-state index in [0.717, 1.165) is 24.9 Å². The summed E-state index contributed by atoms with van der Waals surface area (Å²) in [5.41, 5.74) is 0.724. The molecule has 21 heavy (non-hydrogen) atoms. The van der Waals surface area contributed by atoms with Crippen molar-refractivity contribution < 1.29 is 14.0 Å². The lowest BCUT2D eigenvalue weighted by Gasteiger charge is -2.21. The molecule has 0 aliphatic carbocycles. The Labute approximate surface area is 125 Å². The van der Waals surface area contributed by atoms with Crippen molar-refractivity contribution in [3.63, 3.8) is 0 Å². The number of carbonyl (C=O) groups excluding carboxylic acids is 2. The van der Waals surface area contributed by atoms with Gasteiger partial charge in [-0.2, -0.15) is 0 Å². The highest BCUT2D eigenvalue weighted by Gasteiger charge is 2.13. The number of benzene rings is 1. The molecule has 2 amide bonds. The van der Waals surface area contributed by atoms with Gasteiger partial charge in [0.05, 0.1) is 0 Å². The summed E-state index contributed by atoms with van der Waals surface area (Å²) in [7, 11) is 0. The number of halogens is 1. The van der Waals surface area contributed by atoms with Gasteiger partial charge in [-0.15, -0.1) is 0 Å². The Bertz CT molecular complexity index is 460. The average Bonchev–Trinajstić information content (AvgIpc) is 2.45. The van der Waals surface area contributed by atoms with Crippen LogP contribution >= 0.6 is 0 Å². The summed E-state index contributed by atoms with van der Waals surface area (Å²) in [5, 5.41) is 2.73. The van der Waals surface area contributed by atoms with Crippen LogP contribution in [0.3, 0.4) is 0 Å². The Kier molecular flexibility index (Phi) is 7.43. The van der Waals surface area contributed by atoms with Gasteiger partial charge in [-0.3, -0.25) is 9.59 Å². The van der Waals surface area contributed by atoms with E-state index in [1.807, 2.05) is 6.92 Å². The molecule has 0 atom stereocenters. The highest BCUT2D eigenvalue weighted by Crippen LogP contribution is 2.16. The van der Waals surface area contributed by atoms with Crippen LogP contribution in [0.1, 0.15) is 39.5 Å². The summed E-state index contributed by atoms with van der Waals surface area (Å²) in [6.45, 7) is 4.61. The van der Waals surface area contributed by atoms with Crippen LogP contribution in [0.25, 0.3) is 0 Å². The lowest BCUT2D eigenvalue weighted by Crippen LogP contribution is -2.30. The molecule has 1 aromatic carbocycles. The molecule has 1 N–H and O–H groups in total. The maximum absolute atomic E-state index is 12.9. The number of amides is 2. The average molecular weight is 294 g/mol. The van der Waals surface area contributed by atoms with Crippen LogP contribution in [0.4, 0.5) is 10.1 Å². The number of rotatable bonds is 8. The number of carbonyl (C=O) groups is 2. The molecule has 0 aliphatic rings. The Morgan fingerprint density at radius 2 is 1.81 bits per heavy atom. The normalized spacial score (nSPS) is 10.2. The quantitative estimate of drug-likeness (QED) is 0.749. The van der Waals surface area contributed by atoms with Gasteiger partial charge >= 0.3 is 0 Å². The van der Waals surface area contributed by atoms with E-state index in [2.05, 4.69) is 5.32 Å². The van der Waals surface area contributed by atoms with E-state index in [1.54, 1.807) is 17.0 Å². The molecule has 4 nitrogen and oxygen atoms in total. The Morgan fingerprint density at radius 3 is 2.38 bits per heavy atom. The van der Waals surface area contributed by atoms with E-state index in [9.17, 15) is 14.0 Å². The largest absolute Gasteiger partial charge is 0.356 e. The first-order chi connectivity index (χ1) is 10.0. The van der Waals surface area contributed by atoms with Crippen LogP contribution in [0.5, 0.6) is 0 Å². The van der Waals surface area contributed by atoms with E-state index in [-0.39, 0.29) is 17.6 Å². The predicted octanol–water partition coefficient (Wildman–Crippen LogP) is 2.88. The second-order valence-electron chi connectivity index (χ2n) is 4.91. The molecular weight excluding hydrogens is 271 g/mol. The molecule has 0 heterocycles. The maximum Gasteiger partial charge on any atom is 0.226 e. The van der Waals surface area contributed by atoms with Crippen molar-refractivity contribution in [1.82, 2.24) is 5.32 Å². The fraction of sp³-hybridized carbons (Fsp3) is 0.500. The highest BCUT2D eigenvalue weighted by molar-refractivity contribution is 5.93. The first-order valence-corrected chi connectivity index (χ1v) is 7.35. The van der Waals surface area contributed by atoms with Crippen LogP contribution < -0.4 is 10.2 Å². The second-order valence-corrected chi connectivity index (χ2v) is 4.91.